The quantitative estimate of drug-likeness (QED) is 0.286. The first-order chi connectivity index (χ1) is 13.5. The molecule has 0 spiro atoms. The number of rotatable bonds is 8. The average molecular weight is 401 g/mol. The molecule has 8 heteroatoms. The third-order valence-electron chi connectivity index (χ3n) is 4.83. The van der Waals surface area contributed by atoms with Gasteiger partial charge in [0, 0.05) is 5.56 Å². The van der Waals surface area contributed by atoms with Crippen LogP contribution < -0.4 is 0 Å². The number of ketones is 1. The molecule has 1 heterocycles. The second kappa shape index (κ2) is 8.98. The molecule has 0 fully saturated rings. The standard InChI is InChI=1S/C21H27N3O5/c1-12(2)16-7-8-17(18(9-16)13(3)4)19(25)11-29-20(26)10-23-15(6)21(24(27)28)14(5)22-23/h7-9,12-13H,10-11H2,1-6H3. The zero-order valence-electron chi connectivity index (χ0n) is 17.7. The molecule has 0 saturated heterocycles. The molecule has 0 atom stereocenters. The molecule has 0 saturated carbocycles. The number of nitrogens with zero attached hydrogens (tertiary/aromatic N) is 3. The summed E-state index contributed by atoms with van der Waals surface area (Å²) in [5, 5.41) is 15.1. The van der Waals surface area contributed by atoms with E-state index in [0.717, 1.165) is 11.1 Å². The lowest BCUT2D eigenvalue weighted by Gasteiger charge is -2.15. The first-order valence-electron chi connectivity index (χ1n) is 9.54. The highest BCUT2D eigenvalue weighted by Crippen LogP contribution is 2.25. The number of nitro groups is 1. The maximum absolute atomic E-state index is 12.6. The molecule has 2 rings (SSSR count). The smallest absolute Gasteiger partial charge is 0.328 e. The Labute approximate surface area is 170 Å². The lowest BCUT2D eigenvalue weighted by atomic mass is 9.90. The zero-order chi connectivity index (χ0) is 21.9. The minimum Gasteiger partial charge on any atom is -0.456 e. The van der Waals surface area contributed by atoms with Crippen molar-refractivity contribution >= 4 is 17.4 Å². The van der Waals surface area contributed by atoms with Gasteiger partial charge in [0.25, 0.3) is 0 Å². The molecule has 0 aliphatic carbocycles. The summed E-state index contributed by atoms with van der Waals surface area (Å²) < 4.78 is 6.34. The summed E-state index contributed by atoms with van der Waals surface area (Å²) in [5.74, 6) is -0.460. The van der Waals surface area contributed by atoms with Gasteiger partial charge in [-0.1, -0.05) is 45.9 Å². The molecule has 1 aromatic heterocycles. The van der Waals surface area contributed by atoms with Crippen LogP contribution in [0.3, 0.4) is 0 Å². The van der Waals surface area contributed by atoms with Crippen molar-refractivity contribution in [1.29, 1.82) is 0 Å². The van der Waals surface area contributed by atoms with E-state index in [4.69, 9.17) is 4.74 Å². The summed E-state index contributed by atoms with van der Waals surface area (Å²) in [6.07, 6.45) is 0. The third-order valence-corrected chi connectivity index (χ3v) is 4.83. The fraction of sp³-hybridized carbons (Fsp3) is 0.476. The number of carbonyl (C=O) groups is 2. The Bertz CT molecular complexity index is 944. The SMILES string of the molecule is Cc1nn(CC(=O)OCC(=O)c2ccc(C(C)C)cc2C(C)C)c(C)c1[N+](=O)[O-]. The highest BCUT2D eigenvalue weighted by Gasteiger charge is 2.23. The van der Waals surface area contributed by atoms with Gasteiger partial charge in [-0.25, -0.2) is 0 Å². The van der Waals surface area contributed by atoms with Gasteiger partial charge in [0.05, 0.1) is 4.92 Å². The third kappa shape index (κ3) is 5.07. The minimum atomic E-state index is -0.677. The van der Waals surface area contributed by atoms with E-state index in [1.54, 1.807) is 6.07 Å². The van der Waals surface area contributed by atoms with Crippen LogP contribution in [-0.4, -0.2) is 33.1 Å². The number of carbonyl (C=O) groups excluding carboxylic acids is 2. The van der Waals surface area contributed by atoms with Crippen molar-refractivity contribution in [2.45, 2.75) is 59.9 Å². The number of ether oxygens (including phenoxy) is 1. The summed E-state index contributed by atoms with van der Waals surface area (Å²) in [4.78, 5) is 35.3. The monoisotopic (exact) mass is 401 g/mol. The van der Waals surface area contributed by atoms with E-state index in [1.165, 1.54) is 18.5 Å². The Morgan fingerprint density at radius 1 is 1.17 bits per heavy atom. The van der Waals surface area contributed by atoms with Crippen LogP contribution in [0.4, 0.5) is 5.69 Å². The topological polar surface area (TPSA) is 104 Å². The lowest BCUT2D eigenvalue weighted by Crippen LogP contribution is -2.20. The Balaban J connectivity index is 2.09. The zero-order valence-corrected chi connectivity index (χ0v) is 17.7. The number of benzene rings is 1. The Hall–Kier alpha value is -3.03. The van der Waals surface area contributed by atoms with Crippen LogP contribution in [0.15, 0.2) is 18.2 Å². The van der Waals surface area contributed by atoms with Gasteiger partial charge in [-0.15, -0.1) is 0 Å². The summed E-state index contributed by atoms with van der Waals surface area (Å²) in [6, 6.07) is 5.73. The molecular formula is C21H27N3O5. The second-order valence-electron chi connectivity index (χ2n) is 7.67. The fourth-order valence-corrected chi connectivity index (χ4v) is 3.17. The van der Waals surface area contributed by atoms with Crippen LogP contribution in [-0.2, 0) is 16.1 Å². The lowest BCUT2D eigenvalue weighted by molar-refractivity contribution is -0.386. The van der Waals surface area contributed by atoms with Gasteiger partial charge in [-0.3, -0.25) is 24.4 Å². The molecule has 0 bridgehead atoms. The van der Waals surface area contributed by atoms with Gasteiger partial charge < -0.3 is 4.74 Å². The molecule has 2 aromatic rings. The second-order valence-corrected chi connectivity index (χ2v) is 7.67. The Morgan fingerprint density at radius 3 is 2.34 bits per heavy atom. The van der Waals surface area contributed by atoms with Crippen molar-refractivity contribution in [3.8, 4) is 0 Å². The Morgan fingerprint density at radius 2 is 1.83 bits per heavy atom. The van der Waals surface area contributed by atoms with Crippen LogP contribution in [0.2, 0.25) is 0 Å². The molecule has 0 aliphatic rings. The van der Waals surface area contributed by atoms with Gasteiger partial charge in [0.1, 0.15) is 17.9 Å². The van der Waals surface area contributed by atoms with E-state index in [1.807, 2.05) is 26.0 Å². The number of hydrogen-bond acceptors (Lipinski definition) is 6. The molecule has 0 radical (unpaired) electrons. The largest absolute Gasteiger partial charge is 0.456 e. The van der Waals surface area contributed by atoms with E-state index in [0.29, 0.717) is 11.5 Å². The van der Waals surface area contributed by atoms with Gasteiger partial charge in [-0.05, 0) is 36.8 Å². The molecule has 1 aromatic carbocycles. The van der Waals surface area contributed by atoms with E-state index in [9.17, 15) is 19.7 Å². The molecule has 0 unspecified atom stereocenters. The minimum absolute atomic E-state index is 0.124. The number of Topliss-reactive ketones (excluding diaryl/α,β-unsaturated/α-hetero) is 1. The number of aryl methyl sites for hydroxylation is 1. The highest BCUT2D eigenvalue weighted by molar-refractivity contribution is 5.99. The van der Waals surface area contributed by atoms with Crippen molar-refractivity contribution < 1.29 is 19.2 Å². The summed E-state index contributed by atoms with van der Waals surface area (Å²) in [5.41, 5.74) is 2.98. The Kier molecular flexibility index (Phi) is 6.89. The molecule has 156 valence electrons. The van der Waals surface area contributed by atoms with Crippen molar-refractivity contribution in [1.82, 2.24) is 9.78 Å². The van der Waals surface area contributed by atoms with Crippen molar-refractivity contribution in [3.05, 3.63) is 56.4 Å². The number of aromatic nitrogens is 2. The maximum Gasteiger partial charge on any atom is 0.328 e. The maximum atomic E-state index is 12.6. The fourth-order valence-electron chi connectivity index (χ4n) is 3.17. The van der Waals surface area contributed by atoms with Crippen LogP contribution >= 0.6 is 0 Å². The molecule has 8 nitrogen and oxygen atoms in total. The van der Waals surface area contributed by atoms with Gasteiger partial charge >= 0.3 is 11.7 Å². The van der Waals surface area contributed by atoms with Crippen LogP contribution in [0.25, 0.3) is 0 Å². The summed E-state index contributed by atoms with van der Waals surface area (Å²) >= 11 is 0. The predicted octanol–water partition coefficient (Wildman–Crippen LogP) is 4.08. The van der Waals surface area contributed by atoms with Crippen molar-refractivity contribution in [2.24, 2.45) is 0 Å². The highest BCUT2D eigenvalue weighted by atomic mass is 16.6. The first-order valence-corrected chi connectivity index (χ1v) is 9.54. The van der Waals surface area contributed by atoms with E-state index in [-0.39, 0.29) is 41.9 Å². The number of esters is 1. The van der Waals surface area contributed by atoms with Gasteiger partial charge in [-0.2, -0.15) is 5.10 Å². The van der Waals surface area contributed by atoms with E-state index in [2.05, 4.69) is 18.9 Å². The first kappa shape index (κ1) is 22.3. The predicted molar refractivity (Wildman–Crippen MR) is 108 cm³/mol. The molecular weight excluding hydrogens is 374 g/mol. The normalized spacial score (nSPS) is 11.2. The molecule has 29 heavy (non-hydrogen) atoms. The average Bonchev–Trinajstić information content (AvgIpc) is 2.92. The van der Waals surface area contributed by atoms with E-state index < -0.39 is 10.9 Å². The van der Waals surface area contributed by atoms with Crippen LogP contribution in [0.5, 0.6) is 0 Å². The summed E-state index contributed by atoms with van der Waals surface area (Å²) in [7, 11) is 0. The van der Waals surface area contributed by atoms with Gasteiger partial charge in [0.15, 0.2) is 6.61 Å². The van der Waals surface area contributed by atoms with Crippen LogP contribution in [0.1, 0.15) is 72.4 Å². The van der Waals surface area contributed by atoms with Crippen LogP contribution in [0, 0.1) is 24.0 Å². The number of hydrogen-bond donors (Lipinski definition) is 0. The van der Waals surface area contributed by atoms with Crippen molar-refractivity contribution in [3.63, 3.8) is 0 Å². The van der Waals surface area contributed by atoms with Gasteiger partial charge in [0.2, 0.25) is 5.78 Å². The molecule has 0 amide bonds. The summed E-state index contributed by atoms with van der Waals surface area (Å²) in [6.45, 7) is 10.5. The molecule has 0 aliphatic heterocycles. The van der Waals surface area contributed by atoms with E-state index >= 15 is 0 Å². The van der Waals surface area contributed by atoms with Crippen molar-refractivity contribution in [2.75, 3.05) is 6.61 Å². The molecule has 0 N–H and O–H groups in total.